The van der Waals surface area contributed by atoms with E-state index in [1.165, 1.54) is 28.6 Å². The number of ether oxygens (including phenoxy) is 2. The van der Waals surface area contributed by atoms with Crippen LogP contribution in [0, 0.1) is 0 Å². The lowest BCUT2D eigenvalue weighted by Gasteiger charge is -2.34. The van der Waals surface area contributed by atoms with Crippen LogP contribution in [0.3, 0.4) is 0 Å². The number of carbonyl (C=O) groups is 2. The molecule has 2 aromatic carbocycles. The van der Waals surface area contributed by atoms with E-state index >= 15 is 0 Å². The standard InChI is InChI=1S/C23H26N2O6S/c1-15-13-25(14-16(2)30-15)32(28,29)19-10-8-18(9-11-19)24-22(27)23(3)12-17-6-4-5-7-20(17)21(26)31-23/h4-11,15-16H,12-14H2,1-3H3,(H,24,27). The minimum atomic E-state index is -3.68. The van der Waals surface area contributed by atoms with E-state index in [1.54, 1.807) is 25.1 Å². The van der Waals surface area contributed by atoms with Crippen LogP contribution in [0.15, 0.2) is 53.4 Å². The Balaban J connectivity index is 1.48. The minimum Gasteiger partial charge on any atom is -0.445 e. The van der Waals surface area contributed by atoms with Gasteiger partial charge < -0.3 is 14.8 Å². The van der Waals surface area contributed by atoms with Crippen molar-refractivity contribution < 1.29 is 27.5 Å². The van der Waals surface area contributed by atoms with Gasteiger partial charge in [0.1, 0.15) is 0 Å². The van der Waals surface area contributed by atoms with E-state index in [2.05, 4.69) is 5.32 Å². The molecule has 170 valence electrons. The minimum absolute atomic E-state index is 0.140. The zero-order valence-corrected chi connectivity index (χ0v) is 19.0. The Morgan fingerprint density at radius 1 is 1.06 bits per heavy atom. The summed E-state index contributed by atoms with van der Waals surface area (Å²) in [5.41, 5.74) is 0.251. The van der Waals surface area contributed by atoms with Crippen LogP contribution in [0.2, 0.25) is 0 Å². The number of nitrogens with zero attached hydrogens (tertiary/aromatic N) is 1. The lowest BCUT2D eigenvalue weighted by molar-refractivity contribution is -0.134. The first-order valence-electron chi connectivity index (χ1n) is 10.5. The number of sulfonamides is 1. The third-order valence-corrected chi connectivity index (χ3v) is 7.55. The highest BCUT2D eigenvalue weighted by Crippen LogP contribution is 2.30. The van der Waals surface area contributed by atoms with Gasteiger partial charge in [0.15, 0.2) is 5.60 Å². The van der Waals surface area contributed by atoms with Crippen molar-refractivity contribution in [3.05, 3.63) is 59.7 Å². The number of amides is 1. The molecule has 1 amide bonds. The van der Waals surface area contributed by atoms with Crippen molar-refractivity contribution in [2.75, 3.05) is 18.4 Å². The fourth-order valence-electron chi connectivity index (χ4n) is 4.11. The van der Waals surface area contributed by atoms with Gasteiger partial charge in [0.25, 0.3) is 5.91 Å². The van der Waals surface area contributed by atoms with Crippen molar-refractivity contribution in [1.82, 2.24) is 4.31 Å². The molecule has 2 heterocycles. The van der Waals surface area contributed by atoms with Crippen molar-refractivity contribution in [2.24, 2.45) is 0 Å². The molecule has 3 unspecified atom stereocenters. The van der Waals surface area contributed by atoms with Crippen LogP contribution in [0.4, 0.5) is 5.69 Å². The molecule has 3 atom stereocenters. The predicted octanol–water partition coefficient (Wildman–Crippen LogP) is 2.59. The summed E-state index contributed by atoms with van der Waals surface area (Å²) in [4.78, 5) is 25.4. The second kappa shape index (κ2) is 8.31. The van der Waals surface area contributed by atoms with Crippen LogP contribution in [-0.4, -0.2) is 55.5 Å². The Bertz CT molecular complexity index is 1140. The molecule has 0 aromatic heterocycles. The monoisotopic (exact) mass is 458 g/mol. The highest BCUT2D eigenvalue weighted by Gasteiger charge is 2.42. The molecule has 0 radical (unpaired) electrons. The summed E-state index contributed by atoms with van der Waals surface area (Å²) in [5.74, 6) is -1.02. The Kier molecular flexibility index (Phi) is 5.83. The van der Waals surface area contributed by atoms with Gasteiger partial charge in [-0.15, -0.1) is 0 Å². The van der Waals surface area contributed by atoms with E-state index in [-0.39, 0.29) is 36.6 Å². The zero-order chi connectivity index (χ0) is 23.1. The molecule has 8 nitrogen and oxygen atoms in total. The number of morpholine rings is 1. The largest absolute Gasteiger partial charge is 0.445 e. The van der Waals surface area contributed by atoms with Gasteiger partial charge in [0.05, 0.1) is 22.7 Å². The third-order valence-electron chi connectivity index (χ3n) is 5.70. The summed E-state index contributed by atoms with van der Waals surface area (Å²) in [6, 6.07) is 13.0. The molecule has 0 saturated carbocycles. The molecule has 0 aliphatic carbocycles. The molecule has 2 aliphatic heterocycles. The average molecular weight is 459 g/mol. The number of fused-ring (bicyclic) bond motifs is 1. The average Bonchev–Trinajstić information content (AvgIpc) is 2.73. The Labute approximate surface area is 187 Å². The summed E-state index contributed by atoms with van der Waals surface area (Å²) < 4.78 is 38.5. The SMILES string of the molecule is CC1CN(S(=O)(=O)c2ccc(NC(=O)C3(C)Cc4ccccc4C(=O)O3)cc2)CC(C)O1. The molecule has 2 aromatic rings. The van der Waals surface area contributed by atoms with Crippen molar-refractivity contribution in [1.29, 1.82) is 0 Å². The number of hydrogen-bond acceptors (Lipinski definition) is 6. The van der Waals surface area contributed by atoms with Gasteiger partial charge in [0, 0.05) is 25.2 Å². The lowest BCUT2D eigenvalue weighted by Crippen LogP contribution is -2.49. The van der Waals surface area contributed by atoms with Gasteiger partial charge in [0.2, 0.25) is 10.0 Å². The van der Waals surface area contributed by atoms with Gasteiger partial charge in [-0.25, -0.2) is 13.2 Å². The lowest BCUT2D eigenvalue weighted by atomic mass is 9.89. The van der Waals surface area contributed by atoms with Gasteiger partial charge in [-0.3, -0.25) is 4.79 Å². The number of nitrogens with one attached hydrogen (secondary N) is 1. The van der Waals surface area contributed by atoms with E-state index in [0.29, 0.717) is 11.3 Å². The first-order valence-corrected chi connectivity index (χ1v) is 11.9. The Morgan fingerprint density at radius 3 is 2.34 bits per heavy atom. The van der Waals surface area contributed by atoms with Crippen LogP contribution in [0.25, 0.3) is 0 Å². The smallest absolute Gasteiger partial charge is 0.339 e. The summed E-state index contributed by atoms with van der Waals surface area (Å²) in [6.07, 6.45) is -0.118. The van der Waals surface area contributed by atoms with Crippen molar-refractivity contribution in [2.45, 2.75) is 49.9 Å². The second-order valence-electron chi connectivity index (χ2n) is 8.51. The predicted molar refractivity (Wildman–Crippen MR) is 118 cm³/mol. The number of anilines is 1. The summed E-state index contributed by atoms with van der Waals surface area (Å²) >= 11 is 0. The van der Waals surface area contributed by atoms with Gasteiger partial charge in [-0.1, -0.05) is 18.2 Å². The normalized spacial score (nSPS) is 26.2. The molecular weight excluding hydrogens is 432 g/mol. The van der Waals surface area contributed by atoms with Crippen molar-refractivity contribution in [3.8, 4) is 0 Å². The Hall–Kier alpha value is -2.75. The van der Waals surface area contributed by atoms with Crippen LogP contribution < -0.4 is 5.32 Å². The van der Waals surface area contributed by atoms with Crippen LogP contribution >= 0.6 is 0 Å². The molecule has 32 heavy (non-hydrogen) atoms. The van der Waals surface area contributed by atoms with E-state index in [0.717, 1.165) is 5.56 Å². The van der Waals surface area contributed by atoms with Crippen LogP contribution in [0.1, 0.15) is 36.7 Å². The van der Waals surface area contributed by atoms with Gasteiger partial charge in [-0.2, -0.15) is 4.31 Å². The topological polar surface area (TPSA) is 102 Å². The Morgan fingerprint density at radius 2 is 1.69 bits per heavy atom. The number of cyclic esters (lactones) is 1. The first-order chi connectivity index (χ1) is 15.1. The molecule has 4 rings (SSSR count). The molecule has 0 spiro atoms. The zero-order valence-electron chi connectivity index (χ0n) is 18.2. The number of carbonyl (C=O) groups excluding carboxylic acids is 2. The molecular formula is C23H26N2O6S. The third kappa shape index (κ3) is 4.28. The maximum absolute atomic E-state index is 13.0. The molecule has 1 N–H and O–H groups in total. The molecule has 1 fully saturated rings. The summed E-state index contributed by atoms with van der Waals surface area (Å²) in [7, 11) is -3.68. The van der Waals surface area contributed by atoms with Crippen LogP contribution in [-0.2, 0) is 30.7 Å². The fourth-order valence-corrected chi connectivity index (χ4v) is 5.70. The van der Waals surface area contributed by atoms with Crippen molar-refractivity contribution >= 4 is 27.6 Å². The van der Waals surface area contributed by atoms with E-state index in [1.807, 2.05) is 19.9 Å². The highest BCUT2D eigenvalue weighted by atomic mass is 32.2. The number of rotatable bonds is 4. The summed E-state index contributed by atoms with van der Waals surface area (Å²) in [6.45, 7) is 5.82. The van der Waals surface area contributed by atoms with Gasteiger partial charge >= 0.3 is 5.97 Å². The first kappa shape index (κ1) is 22.4. The number of esters is 1. The van der Waals surface area contributed by atoms with Crippen molar-refractivity contribution in [3.63, 3.8) is 0 Å². The molecule has 2 aliphatic rings. The van der Waals surface area contributed by atoms with E-state index in [4.69, 9.17) is 9.47 Å². The molecule has 0 bridgehead atoms. The van der Waals surface area contributed by atoms with E-state index < -0.39 is 27.5 Å². The van der Waals surface area contributed by atoms with Gasteiger partial charge in [-0.05, 0) is 56.7 Å². The number of benzene rings is 2. The number of hydrogen-bond donors (Lipinski definition) is 1. The fraction of sp³-hybridized carbons (Fsp3) is 0.391. The second-order valence-corrected chi connectivity index (χ2v) is 10.5. The quantitative estimate of drug-likeness (QED) is 0.707. The highest BCUT2D eigenvalue weighted by molar-refractivity contribution is 7.89. The summed E-state index contributed by atoms with van der Waals surface area (Å²) in [5, 5.41) is 2.73. The van der Waals surface area contributed by atoms with Crippen LogP contribution in [0.5, 0.6) is 0 Å². The molecule has 9 heteroatoms. The molecule has 1 saturated heterocycles. The van der Waals surface area contributed by atoms with E-state index in [9.17, 15) is 18.0 Å². The maximum atomic E-state index is 13.0. The maximum Gasteiger partial charge on any atom is 0.339 e.